The molecule has 1 rings (SSSR count). The quantitative estimate of drug-likeness (QED) is 0.209. The third kappa shape index (κ3) is 4.51. The molecule has 0 aromatic heterocycles. The van der Waals surface area contributed by atoms with Gasteiger partial charge in [0.05, 0.1) is 17.5 Å². The molecular weight excluding hydrogens is 240 g/mol. The Morgan fingerprint density at radius 1 is 1.53 bits per heavy atom. The molecule has 1 unspecified atom stereocenters. The molecule has 17 heavy (non-hydrogen) atoms. The maximum Gasteiger partial charge on any atom is 0.205 e. The van der Waals surface area contributed by atoms with E-state index in [4.69, 9.17) is 5.84 Å². The lowest BCUT2D eigenvalue weighted by Crippen LogP contribution is -2.42. The van der Waals surface area contributed by atoms with Crippen molar-refractivity contribution in [2.45, 2.75) is 37.9 Å². The molecule has 1 aliphatic rings. The summed E-state index contributed by atoms with van der Waals surface area (Å²) in [6.07, 6.45) is 3.57. The summed E-state index contributed by atoms with van der Waals surface area (Å²) in [5.74, 6) is 6.08. The first-order valence-electron chi connectivity index (χ1n) is 6.06. The third-order valence-corrected chi connectivity index (χ3v) is 5.13. The van der Waals surface area contributed by atoms with Crippen molar-refractivity contribution in [1.82, 2.24) is 10.7 Å². The molecule has 1 aliphatic heterocycles. The number of hydrazine groups is 1. The standard InChI is InChI=1S/C10H22N4O2S/c1-2-3-6-12-10(14-11)13-8-9-5-4-7-17(9,15)16/h9H,2-8,11H2,1H3,(H2,12,13,14). The van der Waals surface area contributed by atoms with Crippen LogP contribution in [0.3, 0.4) is 0 Å². The Morgan fingerprint density at radius 3 is 2.82 bits per heavy atom. The summed E-state index contributed by atoms with van der Waals surface area (Å²) in [4.78, 5) is 4.18. The molecular formula is C10H22N4O2S. The van der Waals surface area contributed by atoms with Crippen molar-refractivity contribution in [2.75, 3.05) is 18.8 Å². The topological polar surface area (TPSA) is 96.6 Å². The van der Waals surface area contributed by atoms with Gasteiger partial charge in [-0.1, -0.05) is 13.3 Å². The molecule has 1 saturated heterocycles. The van der Waals surface area contributed by atoms with Crippen molar-refractivity contribution < 1.29 is 8.42 Å². The first-order chi connectivity index (χ1) is 8.10. The Hall–Kier alpha value is -0.820. The number of sulfone groups is 1. The molecule has 100 valence electrons. The Morgan fingerprint density at radius 2 is 2.29 bits per heavy atom. The number of nitrogens with zero attached hydrogens (tertiary/aromatic N) is 1. The fourth-order valence-electron chi connectivity index (χ4n) is 1.79. The Balaban J connectivity index is 2.44. The van der Waals surface area contributed by atoms with E-state index in [-0.39, 0.29) is 5.25 Å². The van der Waals surface area contributed by atoms with E-state index >= 15 is 0 Å². The lowest BCUT2D eigenvalue weighted by Gasteiger charge is -2.10. The molecule has 0 spiro atoms. The number of hydrogen-bond acceptors (Lipinski definition) is 4. The van der Waals surface area contributed by atoms with E-state index in [2.05, 4.69) is 22.7 Å². The van der Waals surface area contributed by atoms with Crippen LogP contribution >= 0.6 is 0 Å². The van der Waals surface area contributed by atoms with E-state index < -0.39 is 9.84 Å². The highest BCUT2D eigenvalue weighted by Crippen LogP contribution is 2.19. The van der Waals surface area contributed by atoms with E-state index in [0.29, 0.717) is 24.7 Å². The van der Waals surface area contributed by atoms with Gasteiger partial charge >= 0.3 is 0 Å². The second kappa shape index (κ2) is 6.80. The summed E-state index contributed by atoms with van der Waals surface area (Å²) in [6.45, 7) is 3.18. The predicted octanol–water partition coefficient (Wildman–Crippen LogP) is -0.227. The molecule has 7 heteroatoms. The van der Waals surface area contributed by atoms with Gasteiger partial charge in [0, 0.05) is 6.54 Å². The Kier molecular flexibility index (Phi) is 5.70. The molecule has 1 heterocycles. The van der Waals surface area contributed by atoms with E-state index in [1.165, 1.54) is 0 Å². The maximum absolute atomic E-state index is 11.6. The zero-order valence-corrected chi connectivity index (χ0v) is 11.1. The van der Waals surface area contributed by atoms with Crippen molar-refractivity contribution in [3.05, 3.63) is 0 Å². The maximum atomic E-state index is 11.6. The molecule has 0 bridgehead atoms. The number of nitrogens with one attached hydrogen (secondary N) is 2. The minimum Gasteiger partial charge on any atom is -0.355 e. The van der Waals surface area contributed by atoms with Crippen LogP contribution < -0.4 is 16.6 Å². The van der Waals surface area contributed by atoms with Crippen LogP contribution in [-0.2, 0) is 9.84 Å². The predicted molar refractivity (Wildman–Crippen MR) is 69.3 cm³/mol. The second-order valence-corrected chi connectivity index (χ2v) is 6.65. The Bertz CT molecular complexity index is 353. The minimum atomic E-state index is -2.92. The van der Waals surface area contributed by atoms with Crippen molar-refractivity contribution >= 4 is 15.8 Å². The van der Waals surface area contributed by atoms with Crippen LogP contribution in [-0.4, -0.2) is 38.5 Å². The minimum absolute atomic E-state index is 0.293. The van der Waals surface area contributed by atoms with Gasteiger partial charge in [-0.05, 0) is 19.3 Å². The SMILES string of the molecule is CCCCNC(=NCC1CCCS1(=O)=O)NN. The van der Waals surface area contributed by atoms with Gasteiger partial charge in [-0.15, -0.1) is 0 Å². The largest absolute Gasteiger partial charge is 0.355 e. The third-order valence-electron chi connectivity index (χ3n) is 2.88. The van der Waals surface area contributed by atoms with Crippen molar-refractivity contribution in [3.8, 4) is 0 Å². The molecule has 0 aliphatic carbocycles. The lowest BCUT2D eigenvalue weighted by molar-refractivity contribution is 0.589. The van der Waals surface area contributed by atoms with E-state index in [1.54, 1.807) is 0 Å². The number of guanidine groups is 1. The van der Waals surface area contributed by atoms with Crippen LogP contribution in [0.1, 0.15) is 32.6 Å². The van der Waals surface area contributed by atoms with Crippen LogP contribution in [0.25, 0.3) is 0 Å². The smallest absolute Gasteiger partial charge is 0.205 e. The monoisotopic (exact) mass is 262 g/mol. The highest BCUT2D eigenvalue weighted by Gasteiger charge is 2.30. The van der Waals surface area contributed by atoms with Gasteiger partial charge in [0.25, 0.3) is 0 Å². The second-order valence-electron chi connectivity index (χ2n) is 4.25. The van der Waals surface area contributed by atoms with Gasteiger partial charge in [-0.2, -0.15) is 0 Å². The first-order valence-corrected chi connectivity index (χ1v) is 7.78. The average Bonchev–Trinajstić information content (AvgIpc) is 2.63. The summed E-state index contributed by atoms with van der Waals surface area (Å²) in [6, 6.07) is 0. The summed E-state index contributed by atoms with van der Waals surface area (Å²) in [7, 11) is -2.92. The summed E-state index contributed by atoms with van der Waals surface area (Å²) in [5, 5.41) is 2.71. The highest BCUT2D eigenvalue weighted by molar-refractivity contribution is 7.92. The van der Waals surface area contributed by atoms with Crippen molar-refractivity contribution in [3.63, 3.8) is 0 Å². The molecule has 0 amide bonds. The Labute approximate surface area is 103 Å². The van der Waals surface area contributed by atoms with Gasteiger partial charge in [0.1, 0.15) is 0 Å². The molecule has 4 N–H and O–H groups in total. The zero-order chi connectivity index (χ0) is 12.7. The molecule has 0 radical (unpaired) electrons. The van der Waals surface area contributed by atoms with Gasteiger partial charge < -0.3 is 5.32 Å². The van der Waals surface area contributed by atoms with Crippen LogP contribution in [0.5, 0.6) is 0 Å². The van der Waals surface area contributed by atoms with Crippen LogP contribution in [0.4, 0.5) is 0 Å². The van der Waals surface area contributed by atoms with Gasteiger partial charge in [0.2, 0.25) is 5.96 Å². The number of unbranched alkanes of at least 4 members (excludes halogenated alkanes) is 1. The number of aliphatic imine (C=N–C) groups is 1. The fourth-order valence-corrected chi connectivity index (χ4v) is 3.52. The van der Waals surface area contributed by atoms with Crippen molar-refractivity contribution in [1.29, 1.82) is 0 Å². The van der Waals surface area contributed by atoms with Crippen LogP contribution in [0.15, 0.2) is 4.99 Å². The number of rotatable bonds is 5. The molecule has 1 atom stereocenters. The summed E-state index contributed by atoms with van der Waals surface area (Å²) in [5.41, 5.74) is 2.46. The van der Waals surface area contributed by atoms with E-state index in [0.717, 1.165) is 25.8 Å². The summed E-state index contributed by atoms with van der Waals surface area (Å²) >= 11 is 0. The van der Waals surface area contributed by atoms with Gasteiger partial charge in [-0.3, -0.25) is 10.4 Å². The normalized spacial score (nSPS) is 23.6. The molecule has 6 nitrogen and oxygen atoms in total. The van der Waals surface area contributed by atoms with Crippen molar-refractivity contribution in [2.24, 2.45) is 10.8 Å². The molecule has 1 fully saturated rings. The van der Waals surface area contributed by atoms with Crippen LogP contribution in [0, 0.1) is 0 Å². The first kappa shape index (κ1) is 14.2. The van der Waals surface area contributed by atoms with E-state index in [1.807, 2.05) is 0 Å². The fraction of sp³-hybridized carbons (Fsp3) is 0.900. The lowest BCUT2D eigenvalue weighted by atomic mass is 10.2. The number of nitrogens with two attached hydrogens (primary N) is 1. The molecule has 0 saturated carbocycles. The average molecular weight is 262 g/mol. The number of hydrogen-bond donors (Lipinski definition) is 3. The van der Waals surface area contributed by atoms with E-state index in [9.17, 15) is 8.42 Å². The van der Waals surface area contributed by atoms with Gasteiger partial charge in [0.15, 0.2) is 9.84 Å². The molecule has 0 aromatic rings. The summed E-state index contributed by atoms with van der Waals surface area (Å²) < 4.78 is 23.2. The van der Waals surface area contributed by atoms with Gasteiger partial charge in [-0.25, -0.2) is 14.3 Å². The van der Waals surface area contributed by atoms with Crippen LogP contribution in [0.2, 0.25) is 0 Å². The molecule has 0 aromatic carbocycles. The highest BCUT2D eigenvalue weighted by atomic mass is 32.2. The zero-order valence-electron chi connectivity index (χ0n) is 10.3.